The first-order valence-electron chi connectivity index (χ1n) is 3.60. The number of hydrogen-bond acceptors (Lipinski definition) is 0. The Labute approximate surface area is 53.8 Å². The number of hydrogen-bond donors (Lipinski definition) is 0. The average molecular weight is 129 g/mol. The zero-order chi connectivity index (χ0) is 5.82. The van der Waals surface area contributed by atoms with Crippen molar-refractivity contribution in [3.63, 3.8) is 0 Å². The van der Waals surface area contributed by atoms with Gasteiger partial charge in [0.1, 0.15) is 0 Å². The van der Waals surface area contributed by atoms with Crippen molar-refractivity contribution in [2.45, 2.75) is 38.3 Å². The highest BCUT2D eigenvalue weighted by Crippen LogP contribution is 2.39. The van der Waals surface area contributed by atoms with E-state index in [-0.39, 0.29) is 0 Å². The molecule has 0 unspecified atom stereocenters. The van der Waals surface area contributed by atoms with Crippen molar-refractivity contribution in [3.8, 4) is 0 Å². The molecule has 1 fully saturated rings. The van der Waals surface area contributed by atoms with Crippen molar-refractivity contribution in [3.05, 3.63) is 0 Å². The van der Waals surface area contributed by atoms with Gasteiger partial charge in [0.05, 0.1) is 0 Å². The van der Waals surface area contributed by atoms with E-state index in [1.165, 1.54) is 31.8 Å². The van der Waals surface area contributed by atoms with E-state index in [0.29, 0.717) is 0 Å². The molecule has 1 aliphatic rings. The molecule has 0 aromatic heterocycles. The van der Waals surface area contributed by atoms with Gasteiger partial charge in [0.25, 0.3) is 0 Å². The van der Waals surface area contributed by atoms with Crippen molar-refractivity contribution < 1.29 is 0 Å². The maximum absolute atomic E-state index is 2.27. The molecule has 0 atom stereocenters. The summed E-state index contributed by atoms with van der Waals surface area (Å²) >= 11 is 0. The minimum Gasteiger partial charge on any atom is -0.0775 e. The summed E-state index contributed by atoms with van der Waals surface area (Å²) in [5, 5.41) is 0. The van der Waals surface area contributed by atoms with Gasteiger partial charge in [-0.1, -0.05) is 21.9 Å². The van der Waals surface area contributed by atoms with Gasteiger partial charge in [-0.3, -0.25) is 0 Å². The van der Waals surface area contributed by atoms with Crippen LogP contribution < -0.4 is 0 Å². The van der Waals surface area contributed by atoms with Crippen LogP contribution in [0.15, 0.2) is 0 Å². The predicted octanol–water partition coefficient (Wildman–Crippen LogP) is 2.90. The molecular weight excluding hydrogens is 115 g/mol. The SMILES string of the molecule is CCCC[P]C1CC1. The highest BCUT2D eigenvalue weighted by atomic mass is 31.1. The molecule has 0 nitrogen and oxygen atoms in total. The van der Waals surface area contributed by atoms with E-state index in [4.69, 9.17) is 0 Å². The lowest BCUT2D eigenvalue weighted by Crippen LogP contribution is -1.75. The fourth-order valence-electron chi connectivity index (χ4n) is 0.689. The maximum atomic E-state index is 2.27. The van der Waals surface area contributed by atoms with Crippen molar-refractivity contribution in [2.75, 3.05) is 6.16 Å². The van der Waals surface area contributed by atoms with E-state index in [9.17, 15) is 0 Å². The fraction of sp³-hybridized carbons (Fsp3) is 1.00. The molecule has 47 valence electrons. The molecule has 1 heteroatoms. The highest BCUT2D eigenvalue weighted by molar-refractivity contribution is 7.39. The third-order valence-electron chi connectivity index (χ3n) is 1.45. The van der Waals surface area contributed by atoms with Crippen LogP contribution in [0.1, 0.15) is 32.6 Å². The van der Waals surface area contributed by atoms with Crippen LogP contribution >= 0.6 is 8.58 Å². The second-order valence-electron chi connectivity index (χ2n) is 2.49. The van der Waals surface area contributed by atoms with Crippen LogP contribution in [0.2, 0.25) is 0 Å². The summed E-state index contributed by atoms with van der Waals surface area (Å²) < 4.78 is 0. The monoisotopic (exact) mass is 129 g/mol. The third kappa shape index (κ3) is 2.67. The maximum Gasteiger partial charge on any atom is -0.0170 e. The summed E-state index contributed by atoms with van der Waals surface area (Å²) in [7, 11) is 1.74. The molecule has 1 radical (unpaired) electrons. The van der Waals surface area contributed by atoms with Crippen molar-refractivity contribution >= 4 is 8.58 Å². The second-order valence-corrected chi connectivity index (χ2v) is 4.03. The first kappa shape index (κ1) is 6.55. The van der Waals surface area contributed by atoms with Gasteiger partial charge in [0.15, 0.2) is 0 Å². The Hall–Kier alpha value is 0.430. The molecule has 0 aromatic carbocycles. The Kier molecular flexibility index (Phi) is 2.83. The van der Waals surface area contributed by atoms with Gasteiger partial charge in [-0.15, -0.1) is 0 Å². The van der Waals surface area contributed by atoms with E-state index in [2.05, 4.69) is 6.92 Å². The Morgan fingerprint density at radius 1 is 1.50 bits per heavy atom. The summed E-state index contributed by atoms with van der Waals surface area (Å²) in [4.78, 5) is 0. The average Bonchev–Trinajstić information content (AvgIpc) is 2.51. The van der Waals surface area contributed by atoms with Crippen molar-refractivity contribution in [1.82, 2.24) is 0 Å². The molecule has 8 heavy (non-hydrogen) atoms. The molecule has 0 spiro atoms. The quantitative estimate of drug-likeness (QED) is 0.404. The Balaban J connectivity index is 1.74. The first-order chi connectivity index (χ1) is 3.93. The lowest BCUT2D eigenvalue weighted by atomic mass is 10.4. The van der Waals surface area contributed by atoms with Gasteiger partial charge in [0, 0.05) is 0 Å². The van der Waals surface area contributed by atoms with E-state index in [1.807, 2.05) is 0 Å². The summed E-state index contributed by atoms with van der Waals surface area (Å²) in [6.45, 7) is 2.27. The molecular formula is C7H14P. The van der Waals surface area contributed by atoms with Crippen LogP contribution in [-0.2, 0) is 0 Å². The normalized spacial score (nSPS) is 20.6. The van der Waals surface area contributed by atoms with Gasteiger partial charge in [-0.05, 0) is 31.1 Å². The van der Waals surface area contributed by atoms with Gasteiger partial charge >= 0.3 is 0 Å². The summed E-state index contributed by atoms with van der Waals surface area (Å²) in [5.74, 6) is 0. The van der Waals surface area contributed by atoms with E-state index in [1.54, 1.807) is 8.58 Å². The molecule has 0 heterocycles. The summed E-state index contributed by atoms with van der Waals surface area (Å²) in [6, 6.07) is 0. The predicted molar refractivity (Wildman–Crippen MR) is 39.7 cm³/mol. The largest absolute Gasteiger partial charge is 0.0775 e. The minimum atomic E-state index is 1.13. The van der Waals surface area contributed by atoms with E-state index >= 15 is 0 Å². The summed E-state index contributed by atoms with van der Waals surface area (Å²) in [5.41, 5.74) is 1.13. The lowest BCUT2D eigenvalue weighted by molar-refractivity contribution is 0.893. The van der Waals surface area contributed by atoms with Crippen LogP contribution in [0, 0.1) is 0 Å². The second kappa shape index (κ2) is 3.45. The van der Waals surface area contributed by atoms with Gasteiger partial charge < -0.3 is 0 Å². The van der Waals surface area contributed by atoms with Crippen molar-refractivity contribution in [1.29, 1.82) is 0 Å². The molecule has 0 saturated heterocycles. The molecule has 0 aromatic rings. The van der Waals surface area contributed by atoms with Gasteiger partial charge in [-0.25, -0.2) is 0 Å². The molecule has 1 saturated carbocycles. The minimum absolute atomic E-state index is 1.13. The third-order valence-corrected chi connectivity index (χ3v) is 3.05. The number of unbranched alkanes of at least 4 members (excludes halogenated alkanes) is 1. The highest BCUT2D eigenvalue weighted by Gasteiger charge is 2.20. The molecule has 1 aliphatic carbocycles. The Bertz CT molecular complexity index is 57.4. The van der Waals surface area contributed by atoms with Gasteiger partial charge in [-0.2, -0.15) is 0 Å². The first-order valence-corrected chi connectivity index (χ1v) is 4.75. The van der Waals surface area contributed by atoms with Crippen LogP contribution in [0.3, 0.4) is 0 Å². The van der Waals surface area contributed by atoms with E-state index < -0.39 is 0 Å². The van der Waals surface area contributed by atoms with Gasteiger partial charge in [0.2, 0.25) is 0 Å². The zero-order valence-corrected chi connectivity index (χ0v) is 6.45. The van der Waals surface area contributed by atoms with Crippen LogP contribution in [0.25, 0.3) is 0 Å². The molecule has 1 rings (SSSR count). The fourth-order valence-corrected chi connectivity index (χ4v) is 2.07. The van der Waals surface area contributed by atoms with Crippen LogP contribution in [0.5, 0.6) is 0 Å². The standard InChI is InChI=1S/C7H14P/c1-2-3-6-8-7-4-5-7/h7H,2-6H2,1H3. The zero-order valence-electron chi connectivity index (χ0n) is 5.56. The lowest BCUT2D eigenvalue weighted by Gasteiger charge is -1.92. The van der Waals surface area contributed by atoms with Crippen molar-refractivity contribution in [2.24, 2.45) is 0 Å². The molecule has 0 N–H and O–H groups in total. The molecule has 0 aliphatic heterocycles. The summed E-state index contributed by atoms with van der Waals surface area (Å²) in [6.07, 6.45) is 7.31. The number of rotatable bonds is 4. The topological polar surface area (TPSA) is 0 Å². The van der Waals surface area contributed by atoms with E-state index in [0.717, 1.165) is 5.66 Å². The molecule has 0 amide bonds. The molecule has 0 bridgehead atoms. The van der Waals surface area contributed by atoms with Crippen LogP contribution in [-0.4, -0.2) is 11.8 Å². The Morgan fingerprint density at radius 3 is 2.75 bits per heavy atom. The Morgan fingerprint density at radius 2 is 2.25 bits per heavy atom. The van der Waals surface area contributed by atoms with Crippen LogP contribution in [0.4, 0.5) is 0 Å². The smallest absolute Gasteiger partial charge is 0.0170 e.